The lowest BCUT2D eigenvalue weighted by molar-refractivity contribution is 0.0900. The molecule has 0 amide bonds. The van der Waals surface area contributed by atoms with Crippen molar-refractivity contribution in [2.75, 3.05) is 26.9 Å². The Hall–Kier alpha value is -1.06. The van der Waals surface area contributed by atoms with Gasteiger partial charge in [0, 0.05) is 19.2 Å². The molecule has 1 N–H and O–H groups in total. The fourth-order valence-corrected chi connectivity index (χ4v) is 2.41. The average Bonchev–Trinajstić information content (AvgIpc) is 3.29. The van der Waals surface area contributed by atoms with Gasteiger partial charge in [-0.3, -0.25) is 0 Å². The quantitative estimate of drug-likeness (QED) is 0.717. The van der Waals surface area contributed by atoms with Crippen LogP contribution in [0.1, 0.15) is 32.3 Å². The van der Waals surface area contributed by atoms with E-state index in [1.165, 1.54) is 18.4 Å². The second-order valence-electron chi connectivity index (χ2n) is 6.47. The molecule has 1 atom stereocenters. The van der Waals surface area contributed by atoms with Gasteiger partial charge >= 0.3 is 0 Å². The molecule has 118 valence electrons. The summed E-state index contributed by atoms with van der Waals surface area (Å²) in [6.07, 6.45) is 3.73. The maximum atomic E-state index is 5.91. The lowest BCUT2D eigenvalue weighted by Gasteiger charge is -2.20. The molecule has 1 aromatic carbocycles. The molecule has 0 heterocycles. The lowest BCUT2D eigenvalue weighted by Crippen LogP contribution is -2.32. The SMILES string of the molecule is COc1cccc(CC(CNC(C)C)COCC2CC2)c1. The summed E-state index contributed by atoms with van der Waals surface area (Å²) in [6.45, 7) is 7.16. The fourth-order valence-electron chi connectivity index (χ4n) is 2.41. The van der Waals surface area contributed by atoms with Crippen LogP contribution in [0.4, 0.5) is 0 Å². The smallest absolute Gasteiger partial charge is 0.119 e. The third-order valence-corrected chi connectivity index (χ3v) is 3.88. The first-order valence-corrected chi connectivity index (χ1v) is 8.11. The van der Waals surface area contributed by atoms with Crippen LogP contribution in [0.3, 0.4) is 0 Å². The van der Waals surface area contributed by atoms with Crippen molar-refractivity contribution in [3.63, 3.8) is 0 Å². The predicted octanol–water partition coefficient (Wildman–Crippen LogP) is 3.28. The van der Waals surface area contributed by atoms with Gasteiger partial charge in [-0.25, -0.2) is 0 Å². The Morgan fingerprint density at radius 3 is 2.76 bits per heavy atom. The summed E-state index contributed by atoms with van der Waals surface area (Å²) in [4.78, 5) is 0. The van der Waals surface area contributed by atoms with Crippen LogP contribution >= 0.6 is 0 Å². The molecule has 1 aliphatic rings. The molecule has 21 heavy (non-hydrogen) atoms. The first-order valence-electron chi connectivity index (χ1n) is 8.11. The van der Waals surface area contributed by atoms with Crippen molar-refractivity contribution < 1.29 is 9.47 Å². The summed E-state index contributed by atoms with van der Waals surface area (Å²) in [5.41, 5.74) is 1.32. The zero-order valence-corrected chi connectivity index (χ0v) is 13.6. The highest BCUT2D eigenvalue weighted by Gasteiger charge is 2.22. The van der Waals surface area contributed by atoms with E-state index in [-0.39, 0.29) is 0 Å². The molecule has 0 spiro atoms. The van der Waals surface area contributed by atoms with Crippen LogP contribution in [0, 0.1) is 11.8 Å². The van der Waals surface area contributed by atoms with Crippen LogP contribution < -0.4 is 10.1 Å². The van der Waals surface area contributed by atoms with Gasteiger partial charge < -0.3 is 14.8 Å². The van der Waals surface area contributed by atoms with Gasteiger partial charge in [-0.05, 0) is 48.8 Å². The highest BCUT2D eigenvalue weighted by molar-refractivity contribution is 5.28. The van der Waals surface area contributed by atoms with Gasteiger partial charge in [0.2, 0.25) is 0 Å². The molecule has 0 aliphatic heterocycles. The van der Waals surface area contributed by atoms with E-state index in [4.69, 9.17) is 9.47 Å². The maximum absolute atomic E-state index is 5.91. The molecule has 1 fully saturated rings. The van der Waals surface area contributed by atoms with E-state index >= 15 is 0 Å². The number of hydrogen-bond acceptors (Lipinski definition) is 3. The summed E-state index contributed by atoms with van der Waals surface area (Å²) in [6, 6.07) is 8.87. The van der Waals surface area contributed by atoms with E-state index in [9.17, 15) is 0 Å². The summed E-state index contributed by atoms with van der Waals surface area (Å²) in [7, 11) is 1.72. The largest absolute Gasteiger partial charge is 0.497 e. The number of nitrogens with one attached hydrogen (secondary N) is 1. The second kappa shape index (κ2) is 8.40. The van der Waals surface area contributed by atoms with Crippen LogP contribution in [-0.4, -0.2) is 32.9 Å². The van der Waals surface area contributed by atoms with Gasteiger partial charge in [0.25, 0.3) is 0 Å². The van der Waals surface area contributed by atoms with E-state index in [0.29, 0.717) is 12.0 Å². The van der Waals surface area contributed by atoms with E-state index in [1.807, 2.05) is 6.07 Å². The monoisotopic (exact) mass is 291 g/mol. The Morgan fingerprint density at radius 1 is 1.29 bits per heavy atom. The van der Waals surface area contributed by atoms with Gasteiger partial charge in [-0.15, -0.1) is 0 Å². The number of hydrogen-bond donors (Lipinski definition) is 1. The molecule has 1 saturated carbocycles. The van der Waals surface area contributed by atoms with Crippen molar-refractivity contribution in [3.8, 4) is 5.75 Å². The van der Waals surface area contributed by atoms with E-state index in [1.54, 1.807) is 7.11 Å². The minimum absolute atomic E-state index is 0.512. The van der Waals surface area contributed by atoms with Crippen molar-refractivity contribution in [2.24, 2.45) is 11.8 Å². The number of benzene rings is 1. The van der Waals surface area contributed by atoms with Crippen LogP contribution in [0.25, 0.3) is 0 Å². The first kappa shape index (κ1) is 16.3. The second-order valence-corrected chi connectivity index (χ2v) is 6.47. The standard InChI is InChI=1S/C18H29NO2/c1-14(2)19-11-17(13-21-12-15-7-8-15)9-16-5-4-6-18(10-16)20-3/h4-6,10,14-15,17,19H,7-9,11-13H2,1-3H3. The van der Waals surface area contributed by atoms with Crippen LogP contribution in [0.15, 0.2) is 24.3 Å². The minimum atomic E-state index is 0.512. The summed E-state index contributed by atoms with van der Waals surface area (Å²) in [5, 5.41) is 3.54. The van der Waals surface area contributed by atoms with Crippen molar-refractivity contribution in [2.45, 2.75) is 39.2 Å². The van der Waals surface area contributed by atoms with Crippen molar-refractivity contribution in [3.05, 3.63) is 29.8 Å². The average molecular weight is 291 g/mol. The van der Waals surface area contributed by atoms with Gasteiger partial charge in [0.05, 0.1) is 13.7 Å². The predicted molar refractivity (Wildman–Crippen MR) is 86.9 cm³/mol. The Labute approximate surface area is 129 Å². The molecule has 1 aliphatic carbocycles. The molecule has 0 saturated heterocycles. The first-order chi connectivity index (χ1) is 10.2. The van der Waals surface area contributed by atoms with Gasteiger partial charge in [-0.1, -0.05) is 26.0 Å². The molecule has 1 unspecified atom stereocenters. The zero-order chi connectivity index (χ0) is 15.1. The number of methoxy groups -OCH3 is 1. The van der Waals surface area contributed by atoms with Crippen LogP contribution in [0.5, 0.6) is 5.75 Å². The Bertz CT molecular complexity index is 415. The van der Waals surface area contributed by atoms with E-state index in [2.05, 4.69) is 37.4 Å². The molecular weight excluding hydrogens is 262 g/mol. The molecule has 0 bridgehead atoms. The summed E-state index contributed by atoms with van der Waals surface area (Å²) >= 11 is 0. The molecule has 2 rings (SSSR count). The topological polar surface area (TPSA) is 30.5 Å². The summed E-state index contributed by atoms with van der Waals surface area (Å²) < 4.78 is 11.2. The number of ether oxygens (including phenoxy) is 2. The third kappa shape index (κ3) is 6.49. The molecule has 1 aromatic rings. The maximum Gasteiger partial charge on any atom is 0.119 e. The van der Waals surface area contributed by atoms with Crippen molar-refractivity contribution in [1.29, 1.82) is 0 Å². The van der Waals surface area contributed by atoms with Gasteiger partial charge in [0.1, 0.15) is 5.75 Å². The third-order valence-electron chi connectivity index (χ3n) is 3.88. The highest BCUT2D eigenvalue weighted by atomic mass is 16.5. The van der Waals surface area contributed by atoms with E-state index in [0.717, 1.165) is 37.8 Å². The van der Waals surface area contributed by atoms with Crippen molar-refractivity contribution in [1.82, 2.24) is 5.32 Å². The van der Waals surface area contributed by atoms with Crippen LogP contribution in [-0.2, 0) is 11.2 Å². The zero-order valence-electron chi connectivity index (χ0n) is 13.6. The van der Waals surface area contributed by atoms with Crippen LogP contribution in [0.2, 0.25) is 0 Å². The van der Waals surface area contributed by atoms with E-state index < -0.39 is 0 Å². The fraction of sp³-hybridized carbons (Fsp3) is 0.667. The van der Waals surface area contributed by atoms with Gasteiger partial charge in [0.15, 0.2) is 0 Å². The summed E-state index contributed by atoms with van der Waals surface area (Å²) in [5.74, 6) is 2.28. The molecular formula is C18H29NO2. The molecule has 0 aromatic heterocycles. The Kier molecular flexibility index (Phi) is 6.52. The number of rotatable bonds is 10. The minimum Gasteiger partial charge on any atom is -0.497 e. The Morgan fingerprint density at radius 2 is 2.10 bits per heavy atom. The van der Waals surface area contributed by atoms with Gasteiger partial charge in [-0.2, -0.15) is 0 Å². The Balaban J connectivity index is 1.85. The normalized spacial score (nSPS) is 16.2. The molecule has 0 radical (unpaired) electrons. The van der Waals surface area contributed by atoms with Crippen molar-refractivity contribution >= 4 is 0 Å². The molecule has 3 nitrogen and oxygen atoms in total. The highest BCUT2D eigenvalue weighted by Crippen LogP contribution is 2.29. The molecule has 3 heteroatoms. The lowest BCUT2D eigenvalue weighted by atomic mass is 9.99.